The smallest absolute Gasteiger partial charge is 0.297 e. The van der Waals surface area contributed by atoms with Crippen molar-refractivity contribution in [2.45, 2.75) is 13.0 Å². The van der Waals surface area contributed by atoms with Gasteiger partial charge in [-0.2, -0.15) is 5.26 Å². The summed E-state index contributed by atoms with van der Waals surface area (Å²) in [6.45, 7) is 0.404. The Morgan fingerprint density at radius 3 is 2.90 bits per heavy atom. The van der Waals surface area contributed by atoms with Crippen molar-refractivity contribution in [1.82, 2.24) is 15.0 Å². The van der Waals surface area contributed by atoms with Gasteiger partial charge in [-0.1, -0.05) is 17.7 Å². The molecule has 0 saturated heterocycles. The van der Waals surface area contributed by atoms with Crippen molar-refractivity contribution >= 4 is 17.5 Å². The quantitative estimate of drug-likeness (QED) is 0.796. The lowest BCUT2D eigenvalue weighted by atomic mass is 10.2. The molecule has 0 atom stereocenters. The average Bonchev–Trinajstić information content (AvgIpc) is 2.70. The molecule has 0 fully saturated rings. The van der Waals surface area contributed by atoms with Crippen LogP contribution in [0, 0.1) is 11.3 Å². The summed E-state index contributed by atoms with van der Waals surface area (Å²) in [7, 11) is 1.42. The Labute approximate surface area is 168 Å². The maximum atomic E-state index is 13.4. The van der Waals surface area contributed by atoms with Crippen LogP contribution in [0.4, 0.5) is 8.78 Å². The SMILES string of the molecule is COC1=NNCC=C1Cn1cnc(C(F)F)c(Oc2cc(Cl)cc(C#N)c2)c1=O. The van der Waals surface area contributed by atoms with Crippen molar-refractivity contribution in [2.24, 2.45) is 5.10 Å². The number of methoxy groups -OCH3 is 1. The molecule has 0 unspecified atom stereocenters. The number of halogens is 3. The van der Waals surface area contributed by atoms with Gasteiger partial charge in [0.1, 0.15) is 5.75 Å². The van der Waals surface area contributed by atoms with E-state index < -0.39 is 23.4 Å². The normalized spacial score (nSPS) is 13.2. The summed E-state index contributed by atoms with van der Waals surface area (Å²) in [5, 5.41) is 13.1. The zero-order valence-electron chi connectivity index (χ0n) is 15.0. The van der Waals surface area contributed by atoms with Crippen molar-refractivity contribution in [3.63, 3.8) is 0 Å². The molecule has 0 bridgehead atoms. The van der Waals surface area contributed by atoms with E-state index in [2.05, 4.69) is 15.5 Å². The van der Waals surface area contributed by atoms with Gasteiger partial charge in [-0.15, -0.1) is 5.10 Å². The summed E-state index contributed by atoms with van der Waals surface area (Å²) in [5.41, 5.74) is 1.80. The van der Waals surface area contributed by atoms with Gasteiger partial charge in [-0.25, -0.2) is 13.8 Å². The number of hydrogen-bond acceptors (Lipinski definition) is 7. The molecule has 0 radical (unpaired) electrons. The summed E-state index contributed by atoms with van der Waals surface area (Å²) in [4.78, 5) is 16.5. The number of aromatic nitrogens is 2. The van der Waals surface area contributed by atoms with Crippen LogP contribution in [0.25, 0.3) is 0 Å². The predicted molar refractivity (Wildman–Crippen MR) is 100 cm³/mol. The molecule has 1 aromatic heterocycles. The lowest BCUT2D eigenvalue weighted by molar-refractivity contribution is 0.141. The Morgan fingerprint density at radius 2 is 2.21 bits per heavy atom. The highest BCUT2D eigenvalue weighted by atomic mass is 35.5. The Morgan fingerprint density at radius 1 is 1.41 bits per heavy atom. The molecule has 1 aromatic carbocycles. The van der Waals surface area contributed by atoms with Crippen molar-refractivity contribution in [3.05, 3.63) is 62.8 Å². The van der Waals surface area contributed by atoms with Gasteiger partial charge >= 0.3 is 0 Å². The fourth-order valence-corrected chi connectivity index (χ4v) is 2.81. The first-order valence-electron chi connectivity index (χ1n) is 8.23. The number of hydrazone groups is 1. The predicted octanol–water partition coefficient (Wildman–Crippen LogP) is 2.99. The minimum Gasteiger partial charge on any atom is -0.480 e. The van der Waals surface area contributed by atoms with E-state index in [0.29, 0.717) is 12.1 Å². The zero-order valence-corrected chi connectivity index (χ0v) is 15.8. The molecule has 0 aliphatic carbocycles. The van der Waals surface area contributed by atoms with Crippen LogP contribution < -0.4 is 15.7 Å². The molecule has 2 heterocycles. The maximum absolute atomic E-state index is 13.4. The van der Waals surface area contributed by atoms with E-state index in [1.807, 2.05) is 6.07 Å². The lowest BCUT2D eigenvalue weighted by Crippen LogP contribution is -2.28. The number of nitriles is 1. The van der Waals surface area contributed by atoms with Crippen LogP contribution in [-0.4, -0.2) is 29.1 Å². The highest BCUT2D eigenvalue weighted by Gasteiger charge is 2.23. The third-order valence-corrected chi connectivity index (χ3v) is 4.10. The van der Waals surface area contributed by atoms with Crippen LogP contribution in [-0.2, 0) is 11.3 Å². The topological polar surface area (TPSA) is 102 Å². The average molecular weight is 422 g/mol. The third kappa shape index (κ3) is 4.52. The molecule has 2 aromatic rings. The van der Waals surface area contributed by atoms with Gasteiger partial charge in [0.05, 0.1) is 38.2 Å². The standard InChI is InChI=1S/C18H14ClF2N5O3/c1-28-17-11(2-3-24-25-17)8-26-9-23-14(16(20)21)15(18(26)27)29-13-5-10(7-22)4-12(19)6-13/h2,4-6,9,16,24H,3,8H2,1H3. The fourth-order valence-electron chi connectivity index (χ4n) is 2.59. The number of benzene rings is 1. The third-order valence-electron chi connectivity index (χ3n) is 3.88. The van der Waals surface area contributed by atoms with Crippen molar-refractivity contribution in [3.8, 4) is 17.6 Å². The van der Waals surface area contributed by atoms with Gasteiger partial charge < -0.3 is 14.9 Å². The van der Waals surface area contributed by atoms with Crippen molar-refractivity contribution < 1.29 is 18.3 Å². The Bertz CT molecular complexity index is 1090. The van der Waals surface area contributed by atoms with Crippen LogP contribution in [0.5, 0.6) is 11.5 Å². The molecular weight excluding hydrogens is 408 g/mol. The number of alkyl halides is 2. The molecule has 1 aliphatic heterocycles. The van der Waals surface area contributed by atoms with Gasteiger partial charge in [0.15, 0.2) is 5.69 Å². The molecule has 3 rings (SSSR count). The number of nitrogens with zero attached hydrogens (tertiary/aromatic N) is 4. The lowest BCUT2D eigenvalue weighted by Gasteiger charge is -2.17. The minimum absolute atomic E-state index is 0.0148. The molecule has 29 heavy (non-hydrogen) atoms. The largest absolute Gasteiger partial charge is 0.480 e. The first kappa shape index (κ1) is 20.3. The molecule has 8 nitrogen and oxygen atoms in total. The summed E-state index contributed by atoms with van der Waals surface area (Å²) in [6.07, 6.45) is -0.294. The van der Waals surface area contributed by atoms with Crippen LogP contribution in [0.15, 0.2) is 46.1 Å². The number of nitrogens with one attached hydrogen (secondary N) is 1. The highest BCUT2D eigenvalue weighted by Crippen LogP contribution is 2.30. The van der Waals surface area contributed by atoms with E-state index in [-0.39, 0.29) is 28.8 Å². The summed E-state index contributed by atoms with van der Waals surface area (Å²) >= 11 is 5.91. The second-order valence-electron chi connectivity index (χ2n) is 5.79. The van der Waals surface area contributed by atoms with E-state index in [1.165, 1.54) is 25.3 Å². The van der Waals surface area contributed by atoms with Gasteiger partial charge in [0, 0.05) is 10.6 Å². The second kappa shape index (κ2) is 8.70. The van der Waals surface area contributed by atoms with Gasteiger partial charge in [0.25, 0.3) is 12.0 Å². The second-order valence-corrected chi connectivity index (χ2v) is 6.23. The van der Waals surface area contributed by atoms with Gasteiger partial charge in [0.2, 0.25) is 11.6 Å². The molecule has 1 aliphatic rings. The first-order chi connectivity index (χ1) is 13.9. The number of ether oxygens (including phenoxy) is 2. The molecule has 0 spiro atoms. The maximum Gasteiger partial charge on any atom is 0.297 e. The number of hydrogen-bond donors (Lipinski definition) is 1. The first-order valence-corrected chi connectivity index (χ1v) is 8.60. The summed E-state index contributed by atoms with van der Waals surface area (Å²) in [5.74, 6) is -0.427. The molecule has 11 heteroatoms. The van der Waals surface area contributed by atoms with Crippen LogP contribution in [0.3, 0.4) is 0 Å². The molecule has 0 amide bonds. The molecule has 1 N–H and O–H groups in total. The van der Waals surface area contributed by atoms with Crippen LogP contribution >= 0.6 is 11.6 Å². The van der Waals surface area contributed by atoms with Gasteiger partial charge in [-0.05, 0) is 18.2 Å². The summed E-state index contributed by atoms with van der Waals surface area (Å²) < 4.78 is 38.5. The monoisotopic (exact) mass is 421 g/mol. The highest BCUT2D eigenvalue weighted by molar-refractivity contribution is 6.30. The van der Waals surface area contributed by atoms with Crippen molar-refractivity contribution in [1.29, 1.82) is 5.26 Å². The van der Waals surface area contributed by atoms with E-state index in [4.69, 9.17) is 26.3 Å². The number of rotatable bonds is 5. The van der Waals surface area contributed by atoms with Crippen molar-refractivity contribution in [2.75, 3.05) is 13.7 Å². The van der Waals surface area contributed by atoms with E-state index in [9.17, 15) is 13.6 Å². The molecule has 150 valence electrons. The zero-order chi connectivity index (χ0) is 21.0. The van der Waals surface area contributed by atoms with E-state index >= 15 is 0 Å². The molecular formula is C18H14ClF2N5O3. The fraction of sp³-hybridized carbons (Fsp3) is 0.222. The molecule has 0 saturated carbocycles. The Balaban J connectivity index is 2.02. The Hall–Kier alpha value is -3.45. The van der Waals surface area contributed by atoms with Gasteiger partial charge in [-0.3, -0.25) is 9.36 Å². The summed E-state index contributed by atoms with van der Waals surface area (Å²) in [6, 6.07) is 5.83. The minimum atomic E-state index is -3.05. The van der Waals surface area contributed by atoms with Crippen LogP contribution in [0.2, 0.25) is 5.02 Å². The Kier molecular flexibility index (Phi) is 6.09. The van der Waals surface area contributed by atoms with Crippen LogP contribution in [0.1, 0.15) is 17.7 Å². The van der Waals surface area contributed by atoms with E-state index in [1.54, 1.807) is 6.08 Å². The van der Waals surface area contributed by atoms with E-state index in [0.717, 1.165) is 10.9 Å².